The van der Waals surface area contributed by atoms with Crippen molar-refractivity contribution < 1.29 is 8.83 Å². The van der Waals surface area contributed by atoms with Crippen LogP contribution in [0.3, 0.4) is 0 Å². The van der Waals surface area contributed by atoms with E-state index in [4.69, 9.17) is 8.83 Å². The third kappa shape index (κ3) is 4.14. The Morgan fingerprint density at radius 1 is 0.382 bits per heavy atom. The number of para-hydroxylation sites is 2. The van der Waals surface area contributed by atoms with Crippen LogP contribution in [0, 0.1) is 0 Å². The van der Waals surface area contributed by atoms with Gasteiger partial charge in [-0.05, 0) is 101 Å². The fourth-order valence-corrected chi connectivity index (χ4v) is 9.86. The second-order valence-corrected chi connectivity index (χ2v) is 15.5. The van der Waals surface area contributed by atoms with Gasteiger partial charge in [0.05, 0.1) is 6.26 Å². The van der Waals surface area contributed by atoms with E-state index in [0.29, 0.717) is 0 Å². The lowest BCUT2D eigenvalue weighted by Crippen LogP contribution is -2.14. The second kappa shape index (κ2) is 11.1. The third-order valence-corrected chi connectivity index (χ3v) is 12.3. The molecule has 0 aliphatic heterocycles. The topological polar surface area (TPSA) is 26.3 Å². The van der Waals surface area contributed by atoms with Crippen LogP contribution < -0.4 is 0 Å². The van der Waals surface area contributed by atoms with Gasteiger partial charge >= 0.3 is 0 Å². The minimum absolute atomic E-state index is 0.192. The van der Waals surface area contributed by atoms with Crippen LogP contribution in [0.2, 0.25) is 0 Å². The molecular formula is C53H34O2. The summed E-state index contributed by atoms with van der Waals surface area (Å²) in [5.74, 6) is 0. The van der Waals surface area contributed by atoms with Gasteiger partial charge in [0.25, 0.3) is 0 Å². The molecule has 0 unspecified atom stereocenters. The first-order chi connectivity index (χ1) is 27.1. The molecule has 258 valence electrons. The van der Waals surface area contributed by atoms with E-state index in [9.17, 15) is 0 Å². The summed E-state index contributed by atoms with van der Waals surface area (Å²) in [6, 6.07) is 59.7. The molecule has 2 heteroatoms. The summed E-state index contributed by atoms with van der Waals surface area (Å²) in [7, 11) is 0. The van der Waals surface area contributed by atoms with Crippen LogP contribution >= 0.6 is 0 Å². The zero-order valence-electron chi connectivity index (χ0n) is 30.5. The summed E-state index contributed by atoms with van der Waals surface area (Å²) >= 11 is 0. The molecule has 0 bridgehead atoms. The van der Waals surface area contributed by atoms with Gasteiger partial charge in [-0.2, -0.15) is 0 Å². The van der Waals surface area contributed by atoms with Gasteiger partial charge < -0.3 is 8.83 Å². The van der Waals surface area contributed by atoms with Crippen LogP contribution in [-0.2, 0) is 5.41 Å². The zero-order chi connectivity index (χ0) is 36.4. The lowest BCUT2D eigenvalue weighted by molar-refractivity contribution is 0.617. The van der Waals surface area contributed by atoms with E-state index in [0.717, 1.165) is 33.1 Å². The quantitative estimate of drug-likeness (QED) is 0.171. The molecule has 2 heterocycles. The Hall–Kier alpha value is -6.90. The number of benzene rings is 9. The summed E-state index contributed by atoms with van der Waals surface area (Å²) in [6.45, 7) is 4.71. The molecule has 0 spiro atoms. The van der Waals surface area contributed by atoms with Gasteiger partial charge in [-0.3, -0.25) is 0 Å². The molecule has 2 aromatic heterocycles. The molecule has 0 radical (unpaired) electrons. The molecule has 55 heavy (non-hydrogen) atoms. The number of hydrogen-bond acceptors (Lipinski definition) is 2. The highest BCUT2D eigenvalue weighted by molar-refractivity contribution is 6.28. The maximum Gasteiger partial charge on any atom is 0.136 e. The van der Waals surface area contributed by atoms with E-state index >= 15 is 0 Å². The first-order valence-corrected chi connectivity index (χ1v) is 19.1. The normalized spacial score (nSPS) is 13.4. The molecule has 0 N–H and O–H groups in total. The monoisotopic (exact) mass is 702 g/mol. The van der Waals surface area contributed by atoms with Crippen molar-refractivity contribution in [1.82, 2.24) is 0 Å². The van der Waals surface area contributed by atoms with Crippen molar-refractivity contribution in [2.45, 2.75) is 19.3 Å². The highest BCUT2D eigenvalue weighted by atomic mass is 16.3. The predicted molar refractivity (Wildman–Crippen MR) is 230 cm³/mol. The predicted octanol–water partition coefficient (Wildman–Crippen LogP) is 15.1. The number of hydrogen-bond donors (Lipinski definition) is 0. The molecule has 1 aliphatic rings. The molecule has 0 fully saturated rings. The van der Waals surface area contributed by atoms with Crippen LogP contribution in [0.1, 0.15) is 25.0 Å². The highest BCUT2D eigenvalue weighted by Gasteiger charge is 2.39. The highest BCUT2D eigenvalue weighted by Crippen LogP contribution is 2.58. The molecule has 0 saturated carbocycles. The van der Waals surface area contributed by atoms with Crippen LogP contribution in [-0.4, -0.2) is 0 Å². The molecule has 1 aliphatic carbocycles. The Labute approximate surface area is 317 Å². The van der Waals surface area contributed by atoms with E-state index < -0.39 is 0 Å². The number of furan rings is 2. The minimum atomic E-state index is -0.192. The molecule has 0 saturated heterocycles. The Balaban J connectivity index is 1.22. The SMILES string of the molecule is CC1(C)c2ccccc2-c2c1cc1oc3ccccc3c1c2-c1c2ccccc2c(-c2ccc3cccc(-c4coc5ccccc45)c3c2)c2ccccc12. The molecule has 12 rings (SSSR count). The van der Waals surface area contributed by atoms with Gasteiger partial charge in [-0.15, -0.1) is 0 Å². The summed E-state index contributed by atoms with van der Waals surface area (Å²) in [4.78, 5) is 0. The molecular weight excluding hydrogens is 669 g/mol. The Morgan fingerprint density at radius 2 is 1.00 bits per heavy atom. The van der Waals surface area contributed by atoms with E-state index in [1.165, 1.54) is 87.8 Å². The molecule has 2 nitrogen and oxygen atoms in total. The van der Waals surface area contributed by atoms with Crippen molar-refractivity contribution in [1.29, 1.82) is 0 Å². The van der Waals surface area contributed by atoms with Gasteiger partial charge in [-0.25, -0.2) is 0 Å². The number of fused-ring (bicyclic) bond motifs is 10. The second-order valence-electron chi connectivity index (χ2n) is 15.5. The number of rotatable bonds is 3. The lowest BCUT2D eigenvalue weighted by atomic mass is 9.79. The first-order valence-electron chi connectivity index (χ1n) is 19.1. The summed E-state index contributed by atoms with van der Waals surface area (Å²) in [5.41, 5.74) is 15.0. The molecule has 11 aromatic rings. The van der Waals surface area contributed by atoms with Gasteiger partial charge in [-0.1, -0.05) is 153 Å². The van der Waals surface area contributed by atoms with E-state index in [1.54, 1.807) is 0 Å². The largest absolute Gasteiger partial charge is 0.464 e. The summed E-state index contributed by atoms with van der Waals surface area (Å²) in [5, 5.41) is 10.8. The van der Waals surface area contributed by atoms with Crippen LogP contribution in [0.25, 0.3) is 110 Å². The Bertz CT molecular complexity index is 3350. The standard InChI is InChI=1S/C53H34O2/c1-53(2)43-23-10-7-20-39(43)50-44(53)29-47-51(40-21-9-12-25-46(40)55-47)52(50)49-37-18-5-3-16-35(37)48(36-17-4-6-19-38(36)49)32-27-26-31-14-13-22-33(41(31)28-32)42-30-54-45-24-11-8-15-34(42)45/h3-30H,1-2H3. The molecule has 0 amide bonds. The Kier molecular flexibility index (Phi) is 6.15. The van der Waals surface area contributed by atoms with E-state index in [-0.39, 0.29) is 5.41 Å². The van der Waals surface area contributed by atoms with Gasteiger partial charge in [0, 0.05) is 32.7 Å². The average Bonchev–Trinajstić information content (AvgIpc) is 3.89. The minimum Gasteiger partial charge on any atom is -0.464 e. The van der Waals surface area contributed by atoms with Crippen LogP contribution in [0.4, 0.5) is 0 Å². The summed E-state index contributed by atoms with van der Waals surface area (Å²) in [6.07, 6.45) is 1.91. The van der Waals surface area contributed by atoms with Gasteiger partial charge in [0.15, 0.2) is 0 Å². The maximum atomic E-state index is 6.75. The first kappa shape index (κ1) is 30.6. The van der Waals surface area contributed by atoms with Crippen molar-refractivity contribution >= 4 is 65.2 Å². The molecule has 9 aromatic carbocycles. The smallest absolute Gasteiger partial charge is 0.136 e. The third-order valence-electron chi connectivity index (χ3n) is 12.3. The van der Waals surface area contributed by atoms with Crippen molar-refractivity contribution in [3.63, 3.8) is 0 Å². The molecule has 0 atom stereocenters. The summed E-state index contributed by atoms with van der Waals surface area (Å²) < 4.78 is 12.8. The van der Waals surface area contributed by atoms with Crippen LogP contribution in [0.5, 0.6) is 0 Å². The lowest BCUT2D eigenvalue weighted by Gasteiger charge is -2.23. The van der Waals surface area contributed by atoms with E-state index in [2.05, 4.69) is 166 Å². The van der Waals surface area contributed by atoms with Crippen molar-refractivity contribution in [2.75, 3.05) is 0 Å². The Morgan fingerprint density at radius 3 is 1.76 bits per heavy atom. The fourth-order valence-electron chi connectivity index (χ4n) is 9.86. The van der Waals surface area contributed by atoms with Crippen molar-refractivity contribution in [2.24, 2.45) is 0 Å². The van der Waals surface area contributed by atoms with Crippen molar-refractivity contribution in [3.05, 3.63) is 181 Å². The van der Waals surface area contributed by atoms with Crippen molar-refractivity contribution in [3.8, 4) is 44.5 Å². The van der Waals surface area contributed by atoms with Gasteiger partial charge in [0.1, 0.15) is 16.7 Å². The maximum absolute atomic E-state index is 6.75. The zero-order valence-corrected chi connectivity index (χ0v) is 30.5. The van der Waals surface area contributed by atoms with Gasteiger partial charge in [0.2, 0.25) is 0 Å². The van der Waals surface area contributed by atoms with E-state index in [1.807, 2.05) is 18.4 Å². The average molecular weight is 703 g/mol. The van der Waals surface area contributed by atoms with Crippen LogP contribution in [0.15, 0.2) is 179 Å². The fraction of sp³-hybridized carbons (Fsp3) is 0.0566.